The summed E-state index contributed by atoms with van der Waals surface area (Å²) in [7, 11) is 0. The molecule has 0 bridgehead atoms. The Morgan fingerprint density at radius 1 is 1.58 bits per heavy atom. The third kappa shape index (κ3) is 1.76. The predicted molar refractivity (Wildman–Crippen MR) is 42.8 cm³/mol. The van der Waals surface area contributed by atoms with Gasteiger partial charge in [0.15, 0.2) is 0 Å². The molecule has 5 nitrogen and oxygen atoms in total. The van der Waals surface area contributed by atoms with Crippen molar-refractivity contribution in [3.8, 4) is 0 Å². The van der Waals surface area contributed by atoms with Crippen LogP contribution >= 0.6 is 0 Å². The molecule has 1 amide bonds. The smallest absolute Gasteiger partial charge is 0.244 e. The van der Waals surface area contributed by atoms with Gasteiger partial charge in [-0.2, -0.15) is 0 Å². The normalized spacial score (nSPS) is 12.2. The topological polar surface area (TPSA) is 80.9 Å². The molecule has 0 saturated carbocycles. The highest BCUT2D eigenvalue weighted by atomic mass is 16.2. The summed E-state index contributed by atoms with van der Waals surface area (Å²) in [6.45, 7) is 1.69. The lowest BCUT2D eigenvalue weighted by Crippen LogP contribution is -2.34. The Morgan fingerprint density at radius 2 is 2.17 bits per heavy atom. The molecule has 0 radical (unpaired) electrons. The summed E-state index contributed by atoms with van der Waals surface area (Å²) in [4.78, 5) is 18.8. The summed E-state index contributed by atoms with van der Waals surface area (Å²) in [5, 5.41) is 0. The Morgan fingerprint density at radius 3 is 2.67 bits per heavy atom. The van der Waals surface area contributed by atoms with E-state index in [1.807, 2.05) is 5.43 Å². The summed E-state index contributed by atoms with van der Waals surface area (Å²) >= 11 is 0. The van der Waals surface area contributed by atoms with E-state index in [4.69, 9.17) is 5.84 Å². The first-order valence-electron chi connectivity index (χ1n) is 3.53. The minimum atomic E-state index is -0.406. The molecule has 1 aromatic rings. The third-order valence-corrected chi connectivity index (χ3v) is 1.51. The van der Waals surface area contributed by atoms with Crippen LogP contribution < -0.4 is 11.3 Å². The van der Waals surface area contributed by atoms with Crippen molar-refractivity contribution in [1.82, 2.24) is 15.4 Å². The number of hydrazine groups is 1. The van der Waals surface area contributed by atoms with Gasteiger partial charge in [0, 0.05) is 12.4 Å². The predicted octanol–water partition coefficient (Wildman–Crippen LogP) is -0.430. The number of amides is 1. The van der Waals surface area contributed by atoms with Crippen LogP contribution in [0, 0.1) is 0 Å². The van der Waals surface area contributed by atoms with E-state index in [1.165, 1.54) is 0 Å². The van der Waals surface area contributed by atoms with Crippen molar-refractivity contribution in [3.05, 3.63) is 24.3 Å². The zero-order valence-electron chi connectivity index (χ0n) is 6.69. The number of rotatable bonds is 2. The molecule has 1 aromatic heterocycles. The van der Waals surface area contributed by atoms with Gasteiger partial charge in [-0.3, -0.25) is 10.2 Å². The minimum Gasteiger partial charge on any atom is -0.294 e. The summed E-state index contributed by atoms with van der Waals surface area (Å²) in [5.41, 5.74) is 2.04. The lowest BCUT2D eigenvalue weighted by atomic mass is 10.1. The van der Waals surface area contributed by atoms with Crippen LogP contribution in [0.4, 0.5) is 0 Å². The second kappa shape index (κ2) is 3.77. The van der Waals surface area contributed by atoms with Crippen molar-refractivity contribution in [1.29, 1.82) is 0 Å². The van der Waals surface area contributed by atoms with Crippen LogP contribution in [0.5, 0.6) is 0 Å². The molecule has 1 atom stereocenters. The lowest BCUT2D eigenvalue weighted by molar-refractivity contribution is -0.122. The number of carbonyl (C=O) groups excluding carboxylic acids is 1. The Kier molecular flexibility index (Phi) is 2.71. The first kappa shape index (κ1) is 8.61. The number of nitrogens with zero attached hydrogens (tertiary/aromatic N) is 2. The molecule has 0 aliphatic carbocycles. The Bertz CT molecular complexity index is 261. The largest absolute Gasteiger partial charge is 0.294 e. The van der Waals surface area contributed by atoms with Crippen LogP contribution in [0.2, 0.25) is 0 Å². The van der Waals surface area contributed by atoms with Crippen molar-refractivity contribution in [3.63, 3.8) is 0 Å². The number of hydrogen-bond acceptors (Lipinski definition) is 4. The van der Waals surface area contributed by atoms with Crippen LogP contribution in [0.3, 0.4) is 0 Å². The fourth-order valence-corrected chi connectivity index (χ4v) is 0.776. The minimum absolute atomic E-state index is 0.291. The van der Waals surface area contributed by atoms with E-state index in [0.29, 0.717) is 5.82 Å². The summed E-state index contributed by atoms with van der Waals surface area (Å²) in [6.07, 6.45) is 3.17. The molecule has 0 aliphatic rings. The van der Waals surface area contributed by atoms with Crippen LogP contribution in [-0.2, 0) is 4.79 Å². The molecule has 0 aromatic carbocycles. The molecule has 0 aliphatic heterocycles. The molecule has 0 saturated heterocycles. The van der Waals surface area contributed by atoms with Crippen LogP contribution in [0.1, 0.15) is 18.7 Å². The SMILES string of the molecule is CC(C(=O)NN)c1ncccn1. The van der Waals surface area contributed by atoms with Gasteiger partial charge in [-0.15, -0.1) is 0 Å². The van der Waals surface area contributed by atoms with Crippen LogP contribution in [0.25, 0.3) is 0 Å². The Hall–Kier alpha value is -1.49. The molecule has 3 N–H and O–H groups in total. The molecule has 12 heavy (non-hydrogen) atoms. The van der Waals surface area contributed by atoms with Crippen molar-refractivity contribution < 1.29 is 4.79 Å². The van der Waals surface area contributed by atoms with E-state index in [9.17, 15) is 4.79 Å². The van der Waals surface area contributed by atoms with Crippen molar-refractivity contribution in [2.24, 2.45) is 5.84 Å². The maximum atomic E-state index is 11.0. The maximum absolute atomic E-state index is 11.0. The third-order valence-electron chi connectivity index (χ3n) is 1.51. The maximum Gasteiger partial charge on any atom is 0.244 e. The quantitative estimate of drug-likeness (QED) is 0.355. The van der Waals surface area contributed by atoms with Gasteiger partial charge in [-0.25, -0.2) is 15.8 Å². The molecule has 1 unspecified atom stereocenters. The Labute approximate surface area is 70.0 Å². The van der Waals surface area contributed by atoms with E-state index in [-0.39, 0.29) is 5.91 Å². The van der Waals surface area contributed by atoms with E-state index in [2.05, 4.69) is 9.97 Å². The van der Waals surface area contributed by atoms with Gasteiger partial charge in [0.05, 0.1) is 5.92 Å². The molecule has 5 heteroatoms. The highest BCUT2D eigenvalue weighted by Gasteiger charge is 2.15. The molecule has 64 valence electrons. The van der Waals surface area contributed by atoms with Gasteiger partial charge in [0.2, 0.25) is 5.91 Å². The fourth-order valence-electron chi connectivity index (χ4n) is 0.776. The fraction of sp³-hybridized carbons (Fsp3) is 0.286. The highest BCUT2D eigenvalue weighted by Crippen LogP contribution is 2.07. The number of nitrogens with one attached hydrogen (secondary N) is 1. The van der Waals surface area contributed by atoms with Gasteiger partial charge >= 0.3 is 0 Å². The highest BCUT2D eigenvalue weighted by molar-refractivity contribution is 5.81. The average Bonchev–Trinajstić information content (AvgIpc) is 2.17. The van der Waals surface area contributed by atoms with Crippen LogP contribution in [-0.4, -0.2) is 15.9 Å². The van der Waals surface area contributed by atoms with Gasteiger partial charge in [0.25, 0.3) is 0 Å². The number of carbonyl (C=O) groups is 1. The number of hydrogen-bond donors (Lipinski definition) is 2. The van der Waals surface area contributed by atoms with Gasteiger partial charge in [-0.05, 0) is 13.0 Å². The number of aromatic nitrogens is 2. The zero-order valence-corrected chi connectivity index (χ0v) is 6.69. The first-order valence-corrected chi connectivity index (χ1v) is 3.53. The van der Waals surface area contributed by atoms with E-state index in [1.54, 1.807) is 25.4 Å². The van der Waals surface area contributed by atoms with Crippen molar-refractivity contribution in [2.45, 2.75) is 12.8 Å². The second-order valence-corrected chi connectivity index (χ2v) is 2.34. The Balaban J connectivity index is 2.78. The van der Waals surface area contributed by atoms with E-state index >= 15 is 0 Å². The monoisotopic (exact) mass is 166 g/mol. The lowest BCUT2D eigenvalue weighted by Gasteiger charge is -2.06. The van der Waals surface area contributed by atoms with Crippen LogP contribution in [0.15, 0.2) is 18.5 Å². The molecule has 1 rings (SSSR count). The summed E-state index contributed by atoms with van der Waals surface area (Å²) in [6, 6.07) is 1.69. The molecular formula is C7H10N4O. The van der Waals surface area contributed by atoms with E-state index in [0.717, 1.165) is 0 Å². The standard InChI is InChI=1S/C7H10N4O/c1-5(7(12)11-8)6-9-3-2-4-10-6/h2-5H,8H2,1H3,(H,11,12). The van der Waals surface area contributed by atoms with Gasteiger partial charge < -0.3 is 0 Å². The summed E-state index contributed by atoms with van der Waals surface area (Å²) < 4.78 is 0. The summed E-state index contributed by atoms with van der Waals surface area (Å²) in [5.74, 6) is 4.73. The zero-order chi connectivity index (χ0) is 8.97. The number of nitrogens with two attached hydrogens (primary N) is 1. The molecule has 0 fully saturated rings. The van der Waals surface area contributed by atoms with E-state index < -0.39 is 5.92 Å². The molecular weight excluding hydrogens is 156 g/mol. The van der Waals surface area contributed by atoms with Gasteiger partial charge in [-0.1, -0.05) is 0 Å². The average molecular weight is 166 g/mol. The van der Waals surface area contributed by atoms with Gasteiger partial charge in [0.1, 0.15) is 5.82 Å². The first-order chi connectivity index (χ1) is 5.75. The molecule has 1 heterocycles. The van der Waals surface area contributed by atoms with Crippen molar-refractivity contribution in [2.75, 3.05) is 0 Å². The van der Waals surface area contributed by atoms with Crippen molar-refractivity contribution >= 4 is 5.91 Å². The second-order valence-electron chi connectivity index (χ2n) is 2.34. The molecule has 0 spiro atoms.